The molecule has 170 valence electrons. The van der Waals surface area contributed by atoms with Crippen LogP contribution in [0.2, 0.25) is 0 Å². The zero-order valence-electron chi connectivity index (χ0n) is 18.9. The van der Waals surface area contributed by atoms with Crippen molar-refractivity contribution >= 4 is 29.1 Å². The van der Waals surface area contributed by atoms with Gasteiger partial charge in [0, 0.05) is 10.9 Å². The molecule has 4 heteroatoms. The van der Waals surface area contributed by atoms with Crippen LogP contribution in [0.5, 0.6) is 0 Å². The second kappa shape index (κ2) is 12.7. The van der Waals surface area contributed by atoms with Gasteiger partial charge in [-0.15, -0.1) is 0 Å². The van der Waals surface area contributed by atoms with E-state index in [4.69, 9.17) is 0 Å². The molecule has 4 aromatic carbocycles. The first kappa shape index (κ1) is 24.4. The molecule has 0 unspecified atom stereocenters. The molecule has 0 aromatic heterocycles. The van der Waals surface area contributed by atoms with Crippen molar-refractivity contribution in [3.8, 4) is 0 Å². The van der Waals surface area contributed by atoms with Gasteiger partial charge >= 0.3 is 162 Å². The molecule has 0 saturated heterocycles. The first-order chi connectivity index (χ1) is 16.2. The predicted molar refractivity (Wildman–Crippen MR) is 139 cm³/mol. The van der Waals surface area contributed by atoms with Crippen LogP contribution in [0.25, 0.3) is 0 Å². The summed E-state index contributed by atoms with van der Waals surface area (Å²) in [6.45, 7) is 1.77. The van der Waals surface area contributed by atoms with Gasteiger partial charge in [0.1, 0.15) is 0 Å². The van der Waals surface area contributed by atoms with E-state index in [-0.39, 0.29) is 6.42 Å². The molecule has 0 amide bonds. The van der Waals surface area contributed by atoms with Gasteiger partial charge < -0.3 is 0 Å². The van der Waals surface area contributed by atoms with Crippen molar-refractivity contribution < 1.29 is 14.3 Å². The first-order valence-corrected chi connectivity index (χ1v) is 13.4. The Morgan fingerprint density at radius 3 is 1.33 bits per heavy atom. The van der Waals surface area contributed by atoms with Gasteiger partial charge in [0.05, 0.1) is 0 Å². The van der Waals surface area contributed by atoms with Crippen molar-refractivity contribution in [1.29, 1.82) is 0 Å². The molecule has 0 heterocycles. The van der Waals surface area contributed by atoms with Crippen LogP contribution in [0.4, 0.5) is 4.53 Å². The number of hydrogen-bond donors (Lipinski definition) is 0. The number of hydrogen-bond acceptors (Lipinski definition) is 2. The SMILES string of the molecule is CCCC(=O)OF.c1ccc(C[PH](c2ccccc2)(c2ccccc2)c2ccccc2)cc1. The normalized spacial score (nSPS) is 11.1. The van der Waals surface area contributed by atoms with Crippen molar-refractivity contribution in [3.63, 3.8) is 0 Å². The Labute approximate surface area is 196 Å². The molecule has 4 rings (SSSR count). The Balaban J connectivity index is 0.000000383. The number of carbonyl (C=O) groups is 1. The molecule has 2 nitrogen and oxygen atoms in total. The molecule has 0 bridgehead atoms. The molecule has 0 saturated carbocycles. The molecule has 0 radical (unpaired) electrons. The summed E-state index contributed by atoms with van der Waals surface area (Å²) in [4.78, 5) is 12.7. The fraction of sp³-hybridized carbons (Fsp3) is 0.138. The fourth-order valence-electron chi connectivity index (χ4n) is 4.12. The molecular weight excluding hydrogens is 430 g/mol. The van der Waals surface area contributed by atoms with Crippen LogP contribution < -0.4 is 15.9 Å². The van der Waals surface area contributed by atoms with Crippen LogP contribution in [0.3, 0.4) is 0 Å². The third-order valence-corrected chi connectivity index (χ3v) is 10.5. The molecule has 0 N–H and O–H groups in total. The van der Waals surface area contributed by atoms with E-state index in [2.05, 4.69) is 126 Å². The predicted octanol–water partition coefficient (Wildman–Crippen LogP) is 6.13. The van der Waals surface area contributed by atoms with Gasteiger partial charge in [-0.1, -0.05) is 6.92 Å². The van der Waals surface area contributed by atoms with Crippen LogP contribution in [0.15, 0.2) is 121 Å². The summed E-state index contributed by atoms with van der Waals surface area (Å²) in [5.74, 6) is -0.789. The maximum atomic E-state index is 10.7. The maximum absolute atomic E-state index is 10.7. The van der Waals surface area contributed by atoms with Crippen LogP contribution in [-0.2, 0) is 15.9 Å². The first-order valence-electron chi connectivity index (χ1n) is 11.2. The number of rotatable bonds is 7. The Morgan fingerprint density at radius 2 is 1.03 bits per heavy atom. The van der Waals surface area contributed by atoms with Crippen LogP contribution in [0, 0.1) is 0 Å². The van der Waals surface area contributed by atoms with Gasteiger partial charge in [0.25, 0.3) is 0 Å². The summed E-state index contributed by atoms with van der Waals surface area (Å²) in [6, 6.07) is 44.2. The van der Waals surface area contributed by atoms with Crippen LogP contribution in [0.1, 0.15) is 25.3 Å². The molecule has 0 atom stereocenters. The Morgan fingerprint density at radius 1 is 0.667 bits per heavy atom. The Hall–Kier alpha value is -3.29. The van der Waals surface area contributed by atoms with E-state index in [1.807, 2.05) is 0 Å². The van der Waals surface area contributed by atoms with Gasteiger partial charge in [0.15, 0.2) is 0 Å². The number of halogens is 1. The topological polar surface area (TPSA) is 26.3 Å². The third-order valence-electron chi connectivity index (χ3n) is 5.65. The van der Waals surface area contributed by atoms with Crippen LogP contribution >= 0.6 is 7.26 Å². The van der Waals surface area contributed by atoms with Crippen molar-refractivity contribution in [2.75, 3.05) is 0 Å². The van der Waals surface area contributed by atoms with Crippen molar-refractivity contribution in [1.82, 2.24) is 0 Å². The molecule has 4 aromatic rings. The van der Waals surface area contributed by atoms with Crippen molar-refractivity contribution in [3.05, 3.63) is 127 Å². The summed E-state index contributed by atoms with van der Waals surface area (Å²) in [5.41, 5.74) is 1.40. The molecule has 0 aliphatic carbocycles. The fourth-order valence-corrected chi connectivity index (χ4v) is 8.86. The quantitative estimate of drug-likeness (QED) is 0.310. The van der Waals surface area contributed by atoms with E-state index in [1.54, 1.807) is 6.92 Å². The molecule has 0 aliphatic heterocycles. The monoisotopic (exact) mass is 460 g/mol. The number of carbonyl (C=O) groups excluding carboxylic acids is 1. The van der Waals surface area contributed by atoms with E-state index < -0.39 is 13.2 Å². The summed E-state index contributed by atoms with van der Waals surface area (Å²) in [7, 11) is -2.16. The average Bonchev–Trinajstić information content (AvgIpc) is 2.90. The van der Waals surface area contributed by atoms with Crippen LogP contribution in [-0.4, -0.2) is 5.97 Å². The molecule has 0 fully saturated rings. The van der Waals surface area contributed by atoms with E-state index >= 15 is 0 Å². The van der Waals surface area contributed by atoms with Gasteiger partial charge in [0.2, 0.25) is 0 Å². The summed E-state index contributed by atoms with van der Waals surface area (Å²) in [5, 5.41) is 4.38. The van der Waals surface area contributed by atoms with Crippen molar-refractivity contribution in [2.45, 2.75) is 25.9 Å². The molecule has 33 heavy (non-hydrogen) atoms. The second-order valence-corrected chi connectivity index (χ2v) is 11.8. The minimum atomic E-state index is -2.16. The van der Waals surface area contributed by atoms with E-state index in [0.29, 0.717) is 6.42 Å². The molecule has 0 spiro atoms. The van der Waals surface area contributed by atoms with Gasteiger partial charge in [-0.05, 0) is 6.42 Å². The summed E-state index contributed by atoms with van der Waals surface area (Å²) < 4.78 is 10.7. The van der Waals surface area contributed by atoms with E-state index in [9.17, 15) is 9.32 Å². The zero-order chi connectivity index (χ0) is 23.4. The summed E-state index contributed by atoms with van der Waals surface area (Å²) in [6.07, 6.45) is 1.85. The molecular formula is C29H30FO2P. The van der Waals surface area contributed by atoms with E-state index in [0.717, 1.165) is 6.16 Å². The van der Waals surface area contributed by atoms with Crippen molar-refractivity contribution in [2.24, 2.45) is 0 Å². The second-order valence-electron chi connectivity index (χ2n) is 7.86. The summed E-state index contributed by atoms with van der Waals surface area (Å²) >= 11 is 0. The third kappa shape index (κ3) is 6.37. The Bertz CT molecular complexity index is 991. The standard InChI is InChI=1S/C25H23P.C4H7FO2/c1-5-13-22(14-6-1)21-26(23-15-7-2-8-16-23,24-17-9-3-10-18-24)25-19-11-4-12-20-25;1-2-3-4(6)7-5/h1-20,26H,21H2;2-3H2,1H3. The van der Waals surface area contributed by atoms with Gasteiger partial charge in [-0.25, -0.2) is 4.79 Å². The number of benzene rings is 4. The van der Waals surface area contributed by atoms with Gasteiger partial charge in [-0.3, -0.25) is 4.94 Å². The molecule has 0 aliphatic rings. The minimum absolute atomic E-state index is 0.163. The Kier molecular flexibility index (Phi) is 9.35. The zero-order valence-corrected chi connectivity index (χ0v) is 19.9. The van der Waals surface area contributed by atoms with E-state index in [1.165, 1.54) is 21.5 Å². The average molecular weight is 461 g/mol. The van der Waals surface area contributed by atoms with Gasteiger partial charge in [-0.2, -0.15) is 0 Å².